The van der Waals surface area contributed by atoms with Gasteiger partial charge in [0.2, 0.25) is 5.91 Å². The van der Waals surface area contributed by atoms with Crippen molar-refractivity contribution in [1.29, 1.82) is 0 Å². The van der Waals surface area contributed by atoms with Gasteiger partial charge in [-0.1, -0.05) is 0 Å². The van der Waals surface area contributed by atoms with E-state index in [2.05, 4.69) is 0 Å². The van der Waals surface area contributed by atoms with Crippen LogP contribution in [0.2, 0.25) is 0 Å². The summed E-state index contributed by atoms with van der Waals surface area (Å²) in [4.78, 5) is 28.0. The maximum atomic E-state index is 12.3. The van der Waals surface area contributed by atoms with Gasteiger partial charge in [-0.05, 0) is 37.8 Å². The van der Waals surface area contributed by atoms with Crippen molar-refractivity contribution in [1.82, 2.24) is 9.80 Å². The average molecular weight is 276 g/mol. The van der Waals surface area contributed by atoms with Gasteiger partial charge in [-0.3, -0.25) is 9.59 Å². The number of carbonyl (C=O) groups excluding carboxylic acids is 2. The van der Waals surface area contributed by atoms with Gasteiger partial charge < -0.3 is 14.2 Å². The molecule has 2 amide bonds. The molecule has 20 heavy (non-hydrogen) atoms. The minimum atomic E-state index is -0.146. The molecule has 1 aromatic heterocycles. The molecule has 0 aliphatic carbocycles. The van der Waals surface area contributed by atoms with E-state index in [0.717, 1.165) is 32.2 Å². The standard InChI is InChI=1S/C15H20N2O3/c1-12(18)17-8-3-2-6-15(17)7-9-16(11-15)14(19)13-5-4-10-20-13/h4-5,10H,2-3,6-9,11H2,1H3. The highest BCUT2D eigenvalue weighted by Gasteiger charge is 2.46. The van der Waals surface area contributed by atoms with Crippen molar-refractivity contribution < 1.29 is 14.0 Å². The van der Waals surface area contributed by atoms with Crippen LogP contribution in [0.15, 0.2) is 22.8 Å². The number of carbonyl (C=O) groups is 2. The Balaban J connectivity index is 1.77. The van der Waals surface area contributed by atoms with Crippen LogP contribution in [-0.4, -0.2) is 46.8 Å². The van der Waals surface area contributed by atoms with Gasteiger partial charge in [-0.2, -0.15) is 0 Å². The highest BCUT2D eigenvalue weighted by atomic mass is 16.3. The van der Waals surface area contributed by atoms with E-state index in [4.69, 9.17) is 4.42 Å². The third-order valence-corrected chi connectivity index (χ3v) is 4.58. The smallest absolute Gasteiger partial charge is 0.289 e. The molecule has 1 spiro atoms. The first-order chi connectivity index (χ1) is 9.62. The minimum absolute atomic E-state index is 0.0686. The summed E-state index contributed by atoms with van der Waals surface area (Å²) in [5.41, 5.74) is -0.146. The Morgan fingerprint density at radius 2 is 2.10 bits per heavy atom. The van der Waals surface area contributed by atoms with Gasteiger partial charge in [-0.25, -0.2) is 0 Å². The number of rotatable bonds is 1. The van der Waals surface area contributed by atoms with Crippen molar-refractivity contribution in [3.05, 3.63) is 24.2 Å². The number of hydrogen-bond donors (Lipinski definition) is 0. The van der Waals surface area contributed by atoms with Gasteiger partial charge in [0.05, 0.1) is 11.8 Å². The third kappa shape index (κ3) is 2.11. The number of likely N-dealkylation sites (tertiary alicyclic amines) is 2. The van der Waals surface area contributed by atoms with Crippen LogP contribution in [0.4, 0.5) is 0 Å². The minimum Gasteiger partial charge on any atom is -0.459 e. The zero-order valence-corrected chi connectivity index (χ0v) is 11.8. The Kier molecular flexibility index (Phi) is 3.28. The molecule has 0 saturated carbocycles. The lowest BCUT2D eigenvalue weighted by Crippen LogP contribution is -2.55. The monoisotopic (exact) mass is 276 g/mol. The molecule has 0 aromatic carbocycles. The van der Waals surface area contributed by atoms with E-state index in [-0.39, 0.29) is 17.4 Å². The van der Waals surface area contributed by atoms with Crippen LogP contribution in [0.3, 0.4) is 0 Å². The van der Waals surface area contributed by atoms with Crippen molar-refractivity contribution in [2.75, 3.05) is 19.6 Å². The zero-order chi connectivity index (χ0) is 14.2. The van der Waals surface area contributed by atoms with Gasteiger partial charge in [0, 0.05) is 26.6 Å². The first kappa shape index (κ1) is 13.2. The largest absolute Gasteiger partial charge is 0.459 e. The van der Waals surface area contributed by atoms with Crippen LogP contribution in [-0.2, 0) is 4.79 Å². The molecule has 3 heterocycles. The van der Waals surface area contributed by atoms with Crippen LogP contribution in [0.1, 0.15) is 43.2 Å². The van der Waals surface area contributed by atoms with Gasteiger partial charge in [-0.15, -0.1) is 0 Å². The fourth-order valence-electron chi connectivity index (χ4n) is 3.60. The lowest BCUT2D eigenvalue weighted by molar-refractivity contribution is -0.137. The van der Waals surface area contributed by atoms with E-state index in [1.54, 1.807) is 19.1 Å². The van der Waals surface area contributed by atoms with E-state index in [0.29, 0.717) is 18.8 Å². The molecule has 5 heteroatoms. The average Bonchev–Trinajstić information content (AvgIpc) is 3.08. The van der Waals surface area contributed by atoms with Crippen LogP contribution < -0.4 is 0 Å². The van der Waals surface area contributed by atoms with E-state index in [1.165, 1.54) is 6.26 Å². The Morgan fingerprint density at radius 1 is 1.25 bits per heavy atom. The fourth-order valence-corrected chi connectivity index (χ4v) is 3.60. The van der Waals surface area contributed by atoms with E-state index >= 15 is 0 Å². The number of hydrogen-bond acceptors (Lipinski definition) is 3. The van der Waals surface area contributed by atoms with Crippen LogP contribution in [0, 0.1) is 0 Å². The summed E-state index contributed by atoms with van der Waals surface area (Å²) in [5, 5.41) is 0. The first-order valence-electron chi connectivity index (χ1n) is 7.23. The molecule has 1 aromatic rings. The highest BCUT2D eigenvalue weighted by molar-refractivity contribution is 5.91. The number of nitrogens with zero attached hydrogens (tertiary/aromatic N) is 2. The molecule has 3 rings (SSSR count). The molecule has 2 aliphatic rings. The molecule has 2 aliphatic heterocycles. The van der Waals surface area contributed by atoms with Gasteiger partial charge in [0.1, 0.15) is 0 Å². The lowest BCUT2D eigenvalue weighted by Gasteiger charge is -2.44. The summed E-state index contributed by atoms with van der Waals surface area (Å²) in [5.74, 6) is 0.435. The Morgan fingerprint density at radius 3 is 2.80 bits per heavy atom. The molecule has 2 fully saturated rings. The topological polar surface area (TPSA) is 53.8 Å². The zero-order valence-electron chi connectivity index (χ0n) is 11.8. The maximum Gasteiger partial charge on any atom is 0.289 e. The number of amides is 2. The quantitative estimate of drug-likeness (QED) is 0.787. The normalized spacial score (nSPS) is 26.2. The predicted octanol–water partition coefficient (Wildman–Crippen LogP) is 1.90. The molecule has 0 N–H and O–H groups in total. The molecule has 1 atom stereocenters. The predicted molar refractivity (Wildman–Crippen MR) is 73.2 cm³/mol. The van der Waals surface area contributed by atoms with Crippen LogP contribution in [0.5, 0.6) is 0 Å². The molecule has 2 saturated heterocycles. The SMILES string of the molecule is CC(=O)N1CCCCC12CCN(C(=O)c1ccco1)C2. The summed E-state index contributed by atoms with van der Waals surface area (Å²) in [6.07, 6.45) is 5.58. The van der Waals surface area contributed by atoms with Gasteiger partial charge in [0.25, 0.3) is 5.91 Å². The molecule has 1 unspecified atom stereocenters. The van der Waals surface area contributed by atoms with Crippen LogP contribution in [0.25, 0.3) is 0 Å². The van der Waals surface area contributed by atoms with Crippen LogP contribution >= 0.6 is 0 Å². The second-order valence-corrected chi connectivity index (χ2v) is 5.81. The Hall–Kier alpha value is -1.78. The van der Waals surface area contributed by atoms with E-state index < -0.39 is 0 Å². The summed E-state index contributed by atoms with van der Waals surface area (Å²) in [7, 11) is 0. The maximum absolute atomic E-state index is 12.3. The van der Waals surface area contributed by atoms with Gasteiger partial charge in [0.15, 0.2) is 5.76 Å². The Labute approximate surface area is 118 Å². The molecule has 0 bridgehead atoms. The molecule has 108 valence electrons. The second-order valence-electron chi connectivity index (χ2n) is 5.81. The molecular weight excluding hydrogens is 256 g/mol. The van der Waals surface area contributed by atoms with Crippen molar-refractivity contribution in [3.8, 4) is 0 Å². The summed E-state index contributed by atoms with van der Waals surface area (Å²) in [6, 6.07) is 3.42. The van der Waals surface area contributed by atoms with E-state index in [1.807, 2.05) is 9.80 Å². The fraction of sp³-hybridized carbons (Fsp3) is 0.600. The summed E-state index contributed by atoms with van der Waals surface area (Å²) < 4.78 is 5.19. The highest BCUT2D eigenvalue weighted by Crippen LogP contribution is 2.37. The van der Waals surface area contributed by atoms with Crippen molar-refractivity contribution in [2.45, 2.75) is 38.1 Å². The Bertz CT molecular complexity index is 511. The number of piperidine rings is 1. The lowest BCUT2D eigenvalue weighted by atomic mass is 9.85. The third-order valence-electron chi connectivity index (χ3n) is 4.58. The molecule has 5 nitrogen and oxygen atoms in total. The number of furan rings is 1. The van der Waals surface area contributed by atoms with Crippen molar-refractivity contribution in [2.24, 2.45) is 0 Å². The van der Waals surface area contributed by atoms with E-state index in [9.17, 15) is 9.59 Å². The van der Waals surface area contributed by atoms with Crippen molar-refractivity contribution >= 4 is 11.8 Å². The second kappa shape index (κ2) is 4.96. The van der Waals surface area contributed by atoms with Crippen molar-refractivity contribution in [3.63, 3.8) is 0 Å². The molecular formula is C15H20N2O3. The first-order valence-corrected chi connectivity index (χ1v) is 7.23. The van der Waals surface area contributed by atoms with Gasteiger partial charge >= 0.3 is 0 Å². The summed E-state index contributed by atoms with van der Waals surface area (Å²) >= 11 is 0. The summed E-state index contributed by atoms with van der Waals surface area (Å²) in [6.45, 7) is 3.78. The molecule has 0 radical (unpaired) electrons.